The first-order valence-electron chi connectivity index (χ1n) is 8.63. The standard InChI is InChI=1S/C21H23N3O2/c1-14-22-18-11-6-5-10-17(18)20(26)24(14)16-9-7-8-15(12-16)23-19(25)13-21(2,3)4/h5-12H,13H2,1-4H3,(H,23,25). The van der Waals surface area contributed by atoms with Crippen molar-refractivity contribution in [3.8, 4) is 5.69 Å². The minimum absolute atomic E-state index is 0.0460. The lowest BCUT2D eigenvalue weighted by molar-refractivity contribution is -0.117. The van der Waals surface area contributed by atoms with Gasteiger partial charge in [0.05, 0.1) is 16.6 Å². The van der Waals surface area contributed by atoms with E-state index in [1.165, 1.54) is 0 Å². The summed E-state index contributed by atoms with van der Waals surface area (Å²) in [4.78, 5) is 29.6. The third kappa shape index (κ3) is 3.82. The number of carbonyl (C=O) groups is 1. The highest BCUT2D eigenvalue weighted by atomic mass is 16.1. The van der Waals surface area contributed by atoms with Crippen molar-refractivity contribution in [1.29, 1.82) is 0 Å². The Labute approximate surface area is 152 Å². The fourth-order valence-electron chi connectivity index (χ4n) is 2.96. The number of rotatable bonds is 3. The maximum Gasteiger partial charge on any atom is 0.265 e. The van der Waals surface area contributed by atoms with Crippen LogP contribution in [0.1, 0.15) is 33.0 Å². The Kier molecular flexibility index (Phi) is 4.64. The van der Waals surface area contributed by atoms with Crippen molar-refractivity contribution in [2.24, 2.45) is 5.41 Å². The van der Waals surface area contributed by atoms with Gasteiger partial charge in [-0.2, -0.15) is 0 Å². The summed E-state index contributed by atoms with van der Waals surface area (Å²) in [5, 5.41) is 3.48. The summed E-state index contributed by atoms with van der Waals surface area (Å²) in [6.45, 7) is 7.87. The molecule has 0 spiro atoms. The molecule has 0 fully saturated rings. The van der Waals surface area contributed by atoms with Gasteiger partial charge in [0.1, 0.15) is 5.82 Å². The first-order valence-corrected chi connectivity index (χ1v) is 8.63. The molecule has 0 aliphatic carbocycles. The summed E-state index contributed by atoms with van der Waals surface area (Å²) >= 11 is 0. The van der Waals surface area contributed by atoms with E-state index in [2.05, 4.69) is 10.3 Å². The molecule has 26 heavy (non-hydrogen) atoms. The maximum absolute atomic E-state index is 12.9. The van der Waals surface area contributed by atoms with E-state index in [9.17, 15) is 9.59 Å². The van der Waals surface area contributed by atoms with Crippen LogP contribution < -0.4 is 10.9 Å². The molecule has 0 aliphatic heterocycles. The molecule has 0 atom stereocenters. The van der Waals surface area contributed by atoms with Gasteiger partial charge in [0, 0.05) is 12.1 Å². The number of aryl methyl sites for hydroxylation is 1. The van der Waals surface area contributed by atoms with Crippen LogP contribution in [0.15, 0.2) is 53.3 Å². The topological polar surface area (TPSA) is 64.0 Å². The molecule has 1 heterocycles. The number of carbonyl (C=O) groups excluding carboxylic acids is 1. The second-order valence-electron chi connectivity index (χ2n) is 7.65. The monoisotopic (exact) mass is 349 g/mol. The van der Waals surface area contributed by atoms with Crippen molar-refractivity contribution in [2.75, 3.05) is 5.32 Å². The van der Waals surface area contributed by atoms with Crippen LogP contribution in [0.25, 0.3) is 16.6 Å². The molecule has 1 aromatic heterocycles. The Morgan fingerprint density at radius 3 is 2.58 bits per heavy atom. The van der Waals surface area contributed by atoms with E-state index >= 15 is 0 Å². The Bertz CT molecular complexity index is 1030. The molecule has 0 saturated heterocycles. The number of amides is 1. The summed E-state index contributed by atoms with van der Waals surface area (Å²) in [6, 6.07) is 14.6. The predicted octanol–water partition coefficient (Wildman–Crippen LogP) is 4.07. The molecule has 3 rings (SSSR count). The van der Waals surface area contributed by atoms with Crippen molar-refractivity contribution in [3.05, 3.63) is 64.7 Å². The number of nitrogens with zero attached hydrogens (tertiary/aromatic N) is 2. The van der Waals surface area contributed by atoms with Gasteiger partial charge in [0.25, 0.3) is 5.56 Å². The molecular formula is C21H23N3O2. The van der Waals surface area contributed by atoms with Crippen LogP contribution in [0.5, 0.6) is 0 Å². The first kappa shape index (κ1) is 17.9. The SMILES string of the molecule is Cc1nc2ccccc2c(=O)n1-c1cccc(NC(=O)CC(C)(C)C)c1. The molecule has 5 heteroatoms. The van der Waals surface area contributed by atoms with Crippen molar-refractivity contribution in [2.45, 2.75) is 34.1 Å². The second-order valence-corrected chi connectivity index (χ2v) is 7.65. The highest BCUT2D eigenvalue weighted by Gasteiger charge is 2.16. The quantitative estimate of drug-likeness (QED) is 0.775. The fraction of sp³-hybridized carbons (Fsp3) is 0.286. The van der Waals surface area contributed by atoms with Gasteiger partial charge in [-0.05, 0) is 42.7 Å². The zero-order valence-electron chi connectivity index (χ0n) is 15.5. The van der Waals surface area contributed by atoms with E-state index in [0.717, 1.165) is 0 Å². The van der Waals surface area contributed by atoms with Gasteiger partial charge in [-0.1, -0.05) is 39.0 Å². The summed E-state index contributed by atoms with van der Waals surface area (Å²) < 4.78 is 1.57. The number of hydrogen-bond acceptors (Lipinski definition) is 3. The van der Waals surface area contributed by atoms with Crippen LogP contribution in [0.4, 0.5) is 5.69 Å². The lowest BCUT2D eigenvalue weighted by Gasteiger charge is -2.17. The van der Waals surface area contributed by atoms with Crippen LogP contribution in [-0.4, -0.2) is 15.5 Å². The number of aromatic nitrogens is 2. The molecule has 1 amide bonds. The van der Waals surface area contributed by atoms with Gasteiger partial charge in [0.2, 0.25) is 5.91 Å². The molecule has 0 bridgehead atoms. The maximum atomic E-state index is 12.9. The Morgan fingerprint density at radius 2 is 1.85 bits per heavy atom. The summed E-state index contributed by atoms with van der Waals surface area (Å²) in [6.07, 6.45) is 0.424. The highest BCUT2D eigenvalue weighted by molar-refractivity contribution is 5.91. The lowest BCUT2D eigenvalue weighted by atomic mass is 9.92. The molecule has 0 radical (unpaired) electrons. The van der Waals surface area contributed by atoms with Crippen LogP contribution in [0.2, 0.25) is 0 Å². The minimum Gasteiger partial charge on any atom is -0.326 e. The van der Waals surface area contributed by atoms with Gasteiger partial charge in [-0.25, -0.2) is 4.98 Å². The van der Waals surface area contributed by atoms with Crippen molar-refractivity contribution < 1.29 is 4.79 Å². The van der Waals surface area contributed by atoms with Crippen molar-refractivity contribution in [1.82, 2.24) is 9.55 Å². The van der Waals surface area contributed by atoms with Crippen LogP contribution in [-0.2, 0) is 4.79 Å². The smallest absolute Gasteiger partial charge is 0.265 e. The second kappa shape index (κ2) is 6.75. The molecule has 2 aromatic carbocycles. The number of nitrogens with one attached hydrogen (secondary N) is 1. The van der Waals surface area contributed by atoms with Crippen molar-refractivity contribution >= 4 is 22.5 Å². The van der Waals surface area contributed by atoms with E-state index in [0.29, 0.717) is 34.5 Å². The first-order chi connectivity index (χ1) is 12.2. The van der Waals surface area contributed by atoms with Gasteiger partial charge in [0.15, 0.2) is 0 Å². The van der Waals surface area contributed by atoms with E-state index in [1.54, 1.807) is 23.6 Å². The van der Waals surface area contributed by atoms with Crippen LogP contribution >= 0.6 is 0 Å². The predicted molar refractivity (Wildman–Crippen MR) is 105 cm³/mol. The molecular weight excluding hydrogens is 326 g/mol. The van der Waals surface area contributed by atoms with Gasteiger partial charge < -0.3 is 5.32 Å². The number of para-hydroxylation sites is 1. The van der Waals surface area contributed by atoms with Gasteiger partial charge >= 0.3 is 0 Å². The third-order valence-corrected chi connectivity index (χ3v) is 4.02. The van der Waals surface area contributed by atoms with E-state index in [4.69, 9.17) is 0 Å². The summed E-state index contributed by atoms with van der Waals surface area (Å²) in [5.74, 6) is 0.558. The molecule has 0 unspecified atom stereocenters. The number of fused-ring (bicyclic) bond motifs is 1. The molecule has 134 valence electrons. The van der Waals surface area contributed by atoms with Crippen LogP contribution in [0, 0.1) is 12.3 Å². The van der Waals surface area contributed by atoms with E-state index in [1.807, 2.05) is 57.2 Å². The zero-order valence-corrected chi connectivity index (χ0v) is 15.5. The van der Waals surface area contributed by atoms with E-state index < -0.39 is 0 Å². The average molecular weight is 349 g/mol. The summed E-state index contributed by atoms with van der Waals surface area (Å²) in [7, 11) is 0. The number of benzene rings is 2. The molecule has 5 nitrogen and oxygen atoms in total. The Balaban J connectivity index is 2.00. The Morgan fingerprint density at radius 1 is 1.12 bits per heavy atom. The van der Waals surface area contributed by atoms with Crippen molar-refractivity contribution in [3.63, 3.8) is 0 Å². The van der Waals surface area contributed by atoms with Gasteiger partial charge in [-0.15, -0.1) is 0 Å². The lowest BCUT2D eigenvalue weighted by Crippen LogP contribution is -2.23. The van der Waals surface area contributed by atoms with Crippen LogP contribution in [0.3, 0.4) is 0 Å². The van der Waals surface area contributed by atoms with Gasteiger partial charge in [-0.3, -0.25) is 14.2 Å². The number of anilines is 1. The third-order valence-electron chi connectivity index (χ3n) is 4.02. The largest absolute Gasteiger partial charge is 0.326 e. The zero-order chi connectivity index (χ0) is 18.9. The molecule has 0 aliphatic rings. The average Bonchev–Trinajstić information content (AvgIpc) is 2.53. The van der Waals surface area contributed by atoms with E-state index in [-0.39, 0.29) is 16.9 Å². The fourth-order valence-corrected chi connectivity index (χ4v) is 2.96. The number of hydrogen-bond donors (Lipinski definition) is 1. The molecule has 0 saturated carbocycles. The molecule has 1 N–H and O–H groups in total. The Hall–Kier alpha value is -2.95. The minimum atomic E-state index is -0.119. The summed E-state index contributed by atoms with van der Waals surface area (Å²) in [5.41, 5.74) is 1.82. The molecule has 3 aromatic rings. The highest BCUT2D eigenvalue weighted by Crippen LogP contribution is 2.21. The normalized spacial score (nSPS) is 11.5.